The highest BCUT2D eigenvalue weighted by Gasteiger charge is 2.12. The zero-order chi connectivity index (χ0) is 10.7. The maximum Gasteiger partial charge on any atom is 0.337 e. The van der Waals surface area contributed by atoms with Gasteiger partial charge in [-0.2, -0.15) is 0 Å². The van der Waals surface area contributed by atoms with E-state index in [-0.39, 0.29) is 16.3 Å². The topological polar surface area (TPSA) is 72.5 Å². The van der Waals surface area contributed by atoms with E-state index in [9.17, 15) is 4.79 Å². The van der Waals surface area contributed by atoms with Crippen molar-refractivity contribution < 1.29 is 14.6 Å². The second kappa shape index (κ2) is 4.19. The Bertz CT molecular complexity index is 365. The molecule has 0 heterocycles. The van der Waals surface area contributed by atoms with Gasteiger partial charge in [-0.25, -0.2) is 4.79 Å². The summed E-state index contributed by atoms with van der Waals surface area (Å²) in [7, 11) is 0. The van der Waals surface area contributed by atoms with Crippen molar-refractivity contribution in [2.24, 2.45) is 0 Å². The number of aromatic carboxylic acids is 1. The molecule has 1 aromatic carbocycles. The summed E-state index contributed by atoms with van der Waals surface area (Å²) in [6.07, 6.45) is 0. The summed E-state index contributed by atoms with van der Waals surface area (Å²) in [6.45, 7) is 2.26. The summed E-state index contributed by atoms with van der Waals surface area (Å²) in [6, 6.07) is 2.69. The van der Waals surface area contributed by atoms with Crippen LogP contribution in [0.3, 0.4) is 0 Å². The molecule has 0 unspecified atom stereocenters. The number of nitrogens with two attached hydrogens (primary N) is 1. The summed E-state index contributed by atoms with van der Waals surface area (Å²) < 4.78 is 5.15. The van der Waals surface area contributed by atoms with Gasteiger partial charge in [-0.1, -0.05) is 11.6 Å². The van der Waals surface area contributed by atoms with Gasteiger partial charge in [-0.3, -0.25) is 0 Å². The molecule has 0 amide bonds. The Morgan fingerprint density at radius 2 is 2.29 bits per heavy atom. The zero-order valence-corrected chi connectivity index (χ0v) is 8.34. The van der Waals surface area contributed by atoms with Crippen molar-refractivity contribution in [3.8, 4) is 5.75 Å². The van der Waals surface area contributed by atoms with Crippen molar-refractivity contribution in [3.05, 3.63) is 22.7 Å². The molecule has 0 atom stereocenters. The highest BCUT2D eigenvalue weighted by Crippen LogP contribution is 2.29. The largest absolute Gasteiger partial charge is 0.492 e. The van der Waals surface area contributed by atoms with E-state index in [1.165, 1.54) is 12.1 Å². The van der Waals surface area contributed by atoms with E-state index in [1.54, 1.807) is 6.92 Å². The van der Waals surface area contributed by atoms with E-state index in [2.05, 4.69) is 0 Å². The quantitative estimate of drug-likeness (QED) is 0.757. The molecule has 0 saturated carbocycles. The fourth-order valence-corrected chi connectivity index (χ4v) is 1.25. The third kappa shape index (κ3) is 2.09. The molecule has 0 spiro atoms. The highest BCUT2D eigenvalue weighted by atomic mass is 35.5. The number of hydrogen-bond donors (Lipinski definition) is 2. The third-order valence-electron chi connectivity index (χ3n) is 1.63. The van der Waals surface area contributed by atoms with Crippen LogP contribution in [0.1, 0.15) is 17.3 Å². The van der Waals surface area contributed by atoms with Gasteiger partial charge in [0.15, 0.2) is 0 Å². The Balaban J connectivity index is 3.17. The molecule has 1 rings (SSSR count). The normalized spacial score (nSPS) is 9.86. The molecule has 0 aliphatic rings. The van der Waals surface area contributed by atoms with Gasteiger partial charge in [-0.05, 0) is 13.0 Å². The second-order valence-corrected chi connectivity index (χ2v) is 3.02. The molecule has 76 valence electrons. The number of anilines is 1. The molecule has 3 N–H and O–H groups in total. The number of carbonyl (C=O) groups is 1. The molecule has 0 radical (unpaired) electrons. The summed E-state index contributed by atoms with van der Waals surface area (Å²) in [5.74, 6) is -0.702. The Morgan fingerprint density at radius 1 is 1.64 bits per heavy atom. The lowest BCUT2D eigenvalue weighted by Gasteiger charge is -2.08. The van der Waals surface area contributed by atoms with Crippen molar-refractivity contribution in [1.82, 2.24) is 0 Å². The lowest BCUT2D eigenvalue weighted by Crippen LogP contribution is -2.02. The summed E-state index contributed by atoms with van der Waals surface area (Å²) >= 11 is 5.72. The third-order valence-corrected chi connectivity index (χ3v) is 1.94. The van der Waals surface area contributed by atoms with E-state index in [0.717, 1.165) is 0 Å². The van der Waals surface area contributed by atoms with Gasteiger partial charge in [0.05, 0.1) is 22.9 Å². The van der Waals surface area contributed by atoms with Gasteiger partial charge < -0.3 is 15.6 Å². The van der Waals surface area contributed by atoms with Gasteiger partial charge in [0, 0.05) is 6.07 Å². The SMILES string of the molecule is CCOc1cc(Cl)c(C(=O)O)cc1N. The van der Waals surface area contributed by atoms with Gasteiger partial charge in [0.1, 0.15) is 5.75 Å². The van der Waals surface area contributed by atoms with Crippen LogP contribution in [0.4, 0.5) is 5.69 Å². The monoisotopic (exact) mass is 215 g/mol. The highest BCUT2D eigenvalue weighted by molar-refractivity contribution is 6.33. The fourth-order valence-electron chi connectivity index (χ4n) is 1.02. The standard InChI is InChI=1S/C9H10ClNO3/c1-2-14-8-4-6(10)5(9(12)13)3-7(8)11/h3-4H,2,11H2,1H3,(H,12,13). The summed E-state index contributed by atoms with van der Waals surface area (Å²) in [5, 5.41) is 8.85. The van der Waals surface area contributed by atoms with Crippen molar-refractivity contribution in [1.29, 1.82) is 0 Å². The van der Waals surface area contributed by atoms with Crippen LogP contribution in [0, 0.1) is 0 Å². The van der Waals surface area contributed by atoms with Crippen LogP contribution in [-0.4, -0.2) is 17.7 Å². The van der Waals surface area contributed by atoms with Crippen LogP contribution in [0.25, 0.3) is 0 Å². The van der Waals surface area contributed by atoms with Crippen LogP contribution in [0.5, 0.6) is 5.75 Å². The molecular formula is C9H10ClNO3. The molecule has 0 saturated heterocycles. The van der Waals surface area contributed by atoms with Crippen LogP contribution in [-0.2, 0) is 0 Å². The summed E-state index contributed by atoms with van der Waals surface area (Å²) in [5.41, 5.74) is 5.82. The Kier molecular flexibility index (Phi) is 3.19. The predicted molar refractivity (Wildman–Crippen MR) is 54.0 cm³/mol. The molecule has 0 fully saturated rings. The van der Waals surface area contributed by atoms with E-state index >= 15 is 0 Å². The van der Waals surface area contributed by atoms with Gasteiger partial charge in [0.2, 0.25) is 0 Å². The number of benzene rings is 1. The number of carboxylic acids is 1. The van der Waals surface area contributed by atoms with Crippen LogP contribution >= 0.6 is 11.6 Å². The maximum atomic E-state index is 10.7. The van der Waals surface area contributed by atoms with Gasteiger partial charge in [0.25, 0.3) is 0 Å². The van der Waals surface area contributed by atoms with Crippen molar-refractivity contribution >= 4 is 23.3 Å². The number of ether oxygens (including phenoxy) is 1. The second-order valence-electron chi connectivity index (χ2n) is 2.61. The van der Waals surface area contributed by atoms with E-state index in [4.69, 9.17) is 27.2 Å². The Labute approximate surface area is 86.2 Å². The molecule has 1 aromatic rings. The van der Waals surface area contributed by atoms with Gasteiger partial charge in [-0.15, -0.1) is 0 Å². The molecule has 0 aliphatic heterocycles. The minimum absolute atomic E-state index is 0.0207. The zero-order valence-electron chi connectivity index (χ0n) is 7.58. The predicted octanol–water partition coefficient (Wildman–Crippen LogP) is 2.02. The summed E-state index contributed by atoms with van der Waals surface area (Å²) in [4.78, 5) is 10.7. The first-order valence-electron chi connectivity index (χ1n) is 4.01. The van der Waals surface area contributed by atoms with E-state index in [1.807, 2.05) is 0 Å². The average molecular weight is 216 g/mol. The average Bonchev–Trinajstić information content (AvgIpc) is 2.10. The van der Waals surface area contributed by atoms with Crippen molar-refractivity contribution in [3.63, 3.8) is 0 Å². The molecule has 0 bridgehead atoms. The van der Waals surface area contributed by atoms with E-state index in [0.29, 0.717) is 12.4 Å². The fraction of sp³-hybridized carbons (Fsp3) is 0.222. The number of hydrogen-bond acceptors (Lipinski definition) is 3. The molecule has 4 nitrogen and oxygen atoms in total. The first kappa shape index (κ1) is 10.7. The lowest BCUT2D eigenvalue weighted by atomic mass is 10.2. The maximum absolute atomic E-state index is 10.7. The molecule has 0 aliphatic carbocycles. The first-order valence-corrected chi connectivity index (χ1v) is 4.39. The number of carboxylic acid groups (broad SMARTS) is 1. The van der Waals surface area contributed by atoms with Crippen LogP contribution in [0.15, 0.2) is 12.1 Å². The lowest BCUT2D eigenvalue weighted by molar-refractivity contribution is 0.0697. The minimum atomic E-state index is -1.11. The van der Waals surface area contributed by atoms with Crippen molar-refractivity contribution in [2.45, 2.75) is 6.92 Å². The molecular weight excluding hydrogens is 206 g/mol. The van der Waals surface area contributed by atoms with Gasteiger partial charge >= 0.3 is 5.97 Å². The smallest absolute Gasteiger partial charge is 0.337 e. The first-order chi connectivity index (χ1) is 6.56. The van der Waals surface area contributed by atoms with Crippen LogP contribution in [0.2, 0.25) is 5.02 Å². The molecule has 0 aromatic heterocycles. The molecule has 5 heteroatoms. The minimum Gasteiger partial charge on any atom is -0.492 e. The van der Waals surface area contributed by atoms with E-state index < -0.39 is 5.97 Å². The van der Waals surface area contributed by atoms with Crippen LogP contribution < -0.4 is 10.5 Å². The number of nitrogen functional groups attached to an aromatic ring is 1. The number of rotatable bonds is 3. The Hall–Kier alpha value is -1.42. The Morgan fingerprint density at radius 3 is 2.79 bits per heavy atom. The van der Waals surface area contributed by atoms with Crippen molar-refractivity contribution in [2.75, 3.05) is 12.3 Å². The number of halogens is 1. The molecule has 14 heavy (non-hydrogen) atoms.